The summed E-state index contributed by atoms with van der Waals surface area (Å²) in [6, 6.07) is 3.75. The van der Waals surface area contributed by atoms with Crippen LogP contribution >= 0.6 is 0 Å². The molecule has 0 spiro atoms. The van der Waals surface area contributed by atoms with Gasteiger partial charge in [0.1, 0.15) is 4.90 Å². The quantitative estimate of drug-likeness (QED) is 0.0319. The molecule has 0 aliphatic heterocycles. The van der Waals surface area contributed by atoms with Gasteiger partial charge in [0.15, 0.2) is 0 Å². The summed E-state index contributed by atoms with van der Waals surface area (Å²) in [7, 11) is -4.76. The Bertz CT molecular complexity index is 1200. The molecule has 1 aromatic carbocycles. The summed E-state index contributed by atoms with van der Waals surface area (Å²) in [5.41, 5.74) is -0.679. The smallest absolute Gasteiger partial charge is 0.340 e. The van der Waals surface area contributed by atoms with Gasteiger partial charge >= 0.3 is 11.9 Å². The van der Waals surface area contributed by atoms with Gasteiger partial charge in [0.2, 0.25) is 0 Å². The highest BCUT2D eigenvalue weighted by molar-refractivity contribution is 7.86. The van der Waals surface area contributed by atoms with E-state index in [-0.39, 0.29) is 18.8 Å². The molecule has 0 saturated carbocycles. The molecule has 0 radical (unpaired) electrons. The van der Waals surface area contributed by atoms with Gasteiger partial charge in [-0.05, 0) is 63.5 Å². The molecule has 0 saturated heterocycles. The summed E-state index contributed by atoms with van der Waals surface area (Å²) in [4.78, 5) is 25.3. The monoisotopic (exact) mass is 747 g/mol. The van der Waals surface area contributed by atoms with E-state index in [4.69, 9.17) is 9.47 Å². The number of rotatable bonds is 35. The van der Waals surface area contributed by atoms with E-state index in [1.807, 2.05) is 0 Å². The maximum atomic E-state index is 13.0. The average molecular weight is 747 g/mol. The van der Waals surface area contributed by atoms with E-state index in [1.54, 1.807) is 0 Å². The molecule has 1 aromatic rings. The second-order valence-corrected chi connectivity index (χ2v) is 15.7. The third-order valence-corrected chi connectivity index (χ3v) is 10.4. The highest BCUT2D eigenvalue weighted by Gasteiger charge is 2.28. The minimum absolute atomic E-state index is 0.108. The molecule has 298 valence electrons. The lowest BCUT2D eigenvalue weighted by molar-refractivity contribution is 0.0446. The van der Waals surface area contributed by atoms with Crippen molar-refractivity contribution in [3.05, 3.63) is 53.6 Å². The maximum absolute atomic E-state index is 13.0. The van der Waals surface area contributed by atoms with Crippen molar-refractivity contribution < 1.29 is 32.0 Å². The van der Waals surface area contributed by atoms with E-state index in [9.17, 15) is 22.6 Å². The Morgan fingerprint density at radius 1 is 0.519 bits per heavy atom. The first-order chi connectivity index (χ1) is 25.3. The van der Waals surface area contributed by atoms with Gasteiger partial charge in [0.25, 0.3) is 10.1 Å². The number of hydrogen-bond acceptors (Lipinski definition) is 6. The molecule has 0 unspecified atom stereocenters. The first kappa shape index (κ1) is 47.6. The summed E-state index contributed by atoms with van der Waals surface area (Å²) in [6.07, 6.45) is 41.9. The van der Waals surface area contributed by atoms with E-state index in [1.165, 1.54) is 141 Å². The Labute approximate surface area is 318 Å². The normalized spacial score (nSPS) is 11.9. The van der Waals surface area contributed by atoms with Gasteiger partial charge in [-0.15, -0.1) is 0 Å². The van der Waals surface area contributed by atoms with E-state index < -0.39 is 32.5 Å². The summed E-state index contributed by atoms with van der Waals surface area (Å²) >= 11 is 0. The minimum atomic E-state index is -4.76. The SMILES string of the molecule is CCCC/C=C/CCCCCCCCCCCCOC(=O)c1cccc(S(=O)(=O)O)c1C(=O)OCCCCCCCCCCCC/C=C/CCCC. The van der Waals surface area contributed by atoms with Crippen LogP contribution in [0.2, 0.25) is 0 Å². The van der Waals surface area contributed by atoms with Gasteiger partial charge in [-0.2, -0.15) is 8.42 Å². The Balaban J connectivity index is 2.26. The van der Waals surface area contributed by atoms with Gasteiger partial charge in [-0.25, -0.2) is 9.59 Å². The zero-order valence-corrected chi connectivity index (χ0v) is 33.9. The first-order valence-electron chi connectivity index (χ1n) is 21.1. The first-order valence-corrected chi connectivity index (χ1v) is 22.5. The molecule has 0 heterocycles. The lowest BCUT2D eigenvalue weighted by Gasteiger charge is -2.13. The molecule has 0 atom stereocenters. The molecular weight excluding hydrogens is 673 g/mol. The molecule has 1 N–H and O–H groups in total. The molecule has 52 heavy (non-hydrogen) atoms. The second kappa shape index (κ2) is 33.1. The summed E-state index contributed by atoms with van der Waals surface area (Å²) in [5, 5.41) is 0. The van der Waals surface area contributed by atoms with Crippen LogP contribution in [-0.2, 0) is 19.6 Å². The van der Waals surface area contributed by atoms with Crippen LogP contribution in [0.5, 0.6) is 0 Å². The lowest BCUT2D eigenvalue weighted by atomic mass is 10.1. The predicted molar refractivity (Wildman–Crippen MR) is 216 cm³/mol. The fourth-order valence-electron chi connectivity index (χ4n) is 6.28. The van der Waals surface area contributed by atoms with E-state index in [0.29, 0.717) is 12.8 Å². The molecule has 0 aliphatic carbocycles. The number of allylic oxidation sites excluding steroid dienone is 4. The largest absolute Gasteiger partial charge is 0.462 e. The Hall–Kier alpha value is -2.45. The van der Waals surface area contributed by atoms with Crippen molar-refractivity contribution in [1.82, 2.24) is 0 Å². The van der Waals surface area contributed by atoms with Crippen LogP contribution in [0.25, 0.3) is 0 Å². The minimum Gasteiger partial charge on any atom is -0.462 e. The Morgan fingerprint density at radius 3 is 1.25 bits per heavy atom. The van der Waals surface area contributed by atoms with Crippen molar-refractivity contribution in [2.75, 3.05) is 13.2 Å². The average Bonchev–Trinajstić information content (AvgIpc) is 3.13. The number of hydrogen-bond donors (Lipinski definition) is 1. The van der Waals surface area contributed by atoms with Crippen molar-refractivity contribution in [2.24, 2.45) is 0 Å². The summed E-state index contributed by atoms with van der Waals surface area (Å²) < 4.78 is 44.7. The van der Waals surface area contributed by atoms with Crippen LogP contribution < -0.4 is 0 Å². The molecule has 0 fully saturated rings. The van der Waals surface area contributed by atoms with Crippen LogP contribution in [-0.4, -0.2) is 38.1 Å². The van der Waals surface area contributed by atoms with Gasteiger partial charge in [-0.1, -0.05) is 173 Å². The third kappa shape index (κ3) is 25.5. The van der Waals surface area contributed by atoms with E-state index in [0.717, 1.165) is 44.6 Å². The third-order valence-electron chi connectivity index (χ3n) is 9.51. The zero-order chi connectivity index (χ0) is 38.0. The second-order valence-electron chi connectivity index (χ2n) is 14.3. The predicted octanol–water partition coefficient (Wildman–Crippen LogP) is 13.3. The topological polar surface area (TPSA) is 107 Å². The molecule has 0 aromatic heterocycles. The standard InChI is InChI=1S/C44H74O7S/c1-3-5-7-9-11-13-15-17-19-21-23-25-27-29-31-33-38-50-43(45)40-36-35-37-41(52(47,48)49)42(40)44(46)51-39-34-32-30-28-26-24-22-20-18-16-14-12-10-8-6-4-2/h9-12,35-37H,3-8,13-34,38-39H2,1-2H3,(H,47,48,49)/b11-9+,12-10+. The highest BCUT2D eigenvalue weighted by atomic mass is 32.2. The number of ether oxygens (including phenoxy) is 2. The van der Waals surface area contributed by atoms with Gasteiger partial charge in [-0.3, -0.25) is 4.55 Å². The van der Waals surface area contributed by atoms with E-state index >= 15 is 0 Å². The van der Waals surface area contributed by atoms with Crippen LogP contribution in [0, 0.1) is 0 Å². The number of carbonyl (C=O) groups excluding carboxylic acids is 2. The molecule has 0 aliphatic rings. The number of carbonyl (C=O) groups is 2. The van der Waals surface area contributed by atoms with Crippen LogP contribution in [0.3, 0.4) is 0 Å². The van der Waals surface area contributed by atoms with Crippen molar-refractivity contribution in [3.8, 4) is 0 Å². The highest BCUT2D eigenvalue weighted by Crippen LogP contribution is 2.23. The van der Waals surface area contributed by atoms with Crippen molar-refractivity contribution >= 4 is 22.1 Å². The Kier molecular flexibility index (Phi) is 30.3. The summed E-state index contributed by atoms with van der Waals surface area (Å²) in [6.45, 7) is 4.73. The van der Waals surface area contributed by atoms with Gasteiger partial charge in [0.05, 0.1) is 24.3 Å². The molecule has 1 rings (SSSR count). The number of esters is 2. The fourth-order valence-corrected chi connectivity index (χ4v) is 6.98. The lowest BCUT2D eigenvalue weighted by Crippen LogP contribution is -2.19. The van der Waals surface area contributed by atoms with Crippen molar-refractivity contribution in [2.45, 2.75) is 199 Å². The van der Waals surface area contributed by atoms with Gasteiger partial charge < -0.3 is 9.47 Å². The molecular formula is C44H74O7S. The van der Waals surface area contributed by atoms with E-state index in [2.05, 4.69) is 38.2 Å². The Morgan fingerprint density at radius 2 is 0.865 bits per heavy atom. The number of unbranched alkanes of at least 4 members (excludes halogenated alkanes) is 24. The zero-order valence-electron chi connectivity index (χ0n) is 33.1. The molecule has 8 heteroatoms. The number of benzene rings is 1. The molecule has 0 bridgehead atoms. The van der Waals surface area contributed by atoms with Crippen molar-refractivity contribution in [3.63, 3.8) is 0 Å². The molecule has 0 amide bonds. The molecule has 7 nitrogen and oxygen atoms in total. The fraction of sp³-hybridized carbons (Fsp3) is 0.727. The van der Waals surface area contributed by atoms with Crippen LogP contribution in [0.15, 0.2) is 47.4 Å². The van der Waals surface area contributed by atoms with Crippen molar-refractivity contribution in [1.29, 1.82) is 0 Å². The van der Waals surface area contributed by atoms with Crippen LogP contribution in [0.4, 0.5) is 0 Å². The van der Waals surface area contributed by atoms with Gasteiger partial charge in [0, 0.05) is 0 Å². The van der Waals surface area contributed by atoms with Crippen LogP contribution in [0.1, 0.15) is 214 Å². The summed E-state index contributed by atoms with van der Waals surface area (Å²) in [5.74, 6) is -1.75. The maximum Gasteiger partial charge on any atom is 0.340 e.